The molecule has 1 amide bonds. The van der Waals surface area contributed by atoms with Crippen molar-refractivity contribution in [2.45, 2.75) is 20.4 Å². The van der Waals surface area contributed by atoms with Crippen LogP contribution >= 0.6 is 11.3 Å². The van der Waals surface area contributed by atoms with E-state index in [9.17, 15) is 14.9 Å². The number of aromatic nitrogens is 1. The summed E-state index contributed by atoms with van der Waals surface area (Å²) in [6, 6.07) is 19.8. The molecule has 0 spiro atoms. The maximum atomic E-state index is 13.6. The number of amides is 1. The van der Waals surface area contributed by atoms with Crippen molar-refractivity contribution in [2.24, 2.45) is 0 Å². The summed E-state index contributed by atoms with van der Waals surface area (Å²) in [5.74, 6) is 0.407. The van der Waals surface area contributed by atoms with Gasteiger partial charge in [-0.25, -0.2) is 4.98 Å². The highest BCUT2D eigenvalue weighted by Crippen LogP contribution is 2.34. The number of rotatable bonds is 7. The molecule has 0 bridgehead atoms. The highest BCUT2D eigenvalue weighted by atomic mass is 32.1. The summed E-state index contributed by atoms with van der Waals surface area (Å²) in [6.45, 7) is 4.37. The van der Waals surface area contributed by atoms with Crippen LogP contribution in [0.2, 0.25) is 0 Å². The normalized spacial score (nSPS) is 10.8. The number of fused-ring (bicyclic) bond motifs is 1. The number of carbonyl (C=O) groups is 1. The lowest BCUT2D eigenvalue weighted by molar-refractivity contribution is -0.385. The summed E-state index contributed by atoms with van der Waals surface area (Å²) in [5.41, 5.74) is 2.22. The third-order valence-corrected chi connectivity index (χ3v) is 6.09. The van der Waals surface area contributed by atoms with Crippen LogP contribution < -0.4 is 9.64 Å². The van der Waals surface area contributed by atoms with Gasteiger partial charge < -0.3 is 4.74 Å². The summed E-state index contributed by atoms with van der Waals surface area (Å²) < 4.78 is 6.48. The van der Waals surface area contributed by atoms with Crippen molar-refractivity contribution in [3.63, 3.8) is 0 Å². The Bertz CT molecular complexity index is 1290. The van der Waals surface area contributed by atoms with Gasteiger partial charge in [-0.05, 0) is 43.7 Å². The average molecular weight is 448 g/mol. The fourth-order valence-corrected chi connectivity index (χ4v) is 4.45. The van der Waals surface area contributed by atoms with E-state index in [1.54, 1.807) is 17.9 Å². The Kier molecular flexibility index (Phi) is 6.13. The maximum Gasteiger partial charge on any atom is 0.273 e. The summed E-state index contributed by atoms with van der Waals surface area (Å²) in [5, 5.41) is 11.9. The van der Waals surface area contributed by atoms with Crippen LogP contribution in [0.25, 0.3) is 10.2 Å². The molecule has 0 atom stereocenters. The van der Waals surface area contributed by atoms with E-state index in [-0.39, 0.29) is 17.2 Å². The van der Waals surface area contributed by atoms with E-state index < -0.39 is 4.92 Å². The largest absolute Gasteiger partial charge is 0.494 e. The number of ether oxygens (including phenoxy) is 1. The number of nitrogens with zero attached hydrogens (tertiary/aromatic N) is 3. The van der Waals surface area contributed by atoms with Crippen molar-refractivity contribution >= 4 is 38.3 Å². The minimum absolute atomic E-state index is 0.0823. The van der Waals surface area contributed by atoms with Crippen molar-refractivity contribution in [1.82, 2.24) is 4.98 Å². The quantitative estimate of drug-likeness (QED) is 0.266. The van der Waals surface area contributed by atoms with Crippen LogP contribution in [0.5, 0.6) is 5.75 Å². The van der Waals surface area contributed by atoms with Gasteiger partial charge in [0, 0.05) is 17.2 Å². The van der Waals surface area contributed by atoms with Crippen LogP contribution in [0.3, 0.4) is 0 Å². The first-order valence-electron chi connectivity index (χ1n) is 10.1. The molecule has 4 rings (SSSR count). The Morgan fingerprint density at radius 2 is 1.91 bits per heavy atom. The van der Waals surface area contributed by atoms with Crippen molar-refractivity contribution < 1.29 is 14.5 Å². The van der Waals surface area contributed by atoms with Crippen LogP contribution in [0.4, 0.5) is 10.8 Å². The molecule has 1 heterocycles. The van der Waals surface area contributed by atoms with Crippen molar-refractivity contribution in [3.05, 3.63) is 93.5 Å². The van der Waals surface area contributed by atoms with E-state index in [4.69, 9.17) is 4.74 Å². The van der Waals surface area contributed by atoms with Crippen molar-refractivity contribution in [3.8, 4) is 5.75 Å². The lowest BCUT2D eigenvalue weighted by Crippen LogP contribution is -2.31. The zero-order chi connectivity index (χ0) is 22.7. The molecular weight excluding hydrogens is 426 g/mol. The molecule has 0 saturated carbocycles. The number of anilines is 1. The smallest absolute Gasteiger partial charge is 0.273 e. The summed E-state index contributed by atoms with van der Waals surface area (Å²) >= 11 is 1.38. The number of nitro benzene ring substituents is 1. The van der Waals surface area contributed by atoms with Gasteiger partial charge in [-0.1, -0.05) is 47.7 Å². The van der Waals surface area contributed by atoms with E-state index in [0.717, 1.165) is 21.5 Å². The Labute approximate surface area is 189 Å². The van der Waals surface area contributed by atoms with Crippen molar-refractivity contribution in [1.29, 1.82) is 0 Å². The van der Waals surface area contributed by atoms with E-state index >= 15 is 0 Å². The third kappa shape index (κ3) is 4.31. The fraction of sp³-hybridized carbons (Fsp3) is 0.167. The fourth-order valence-electron chi connectivity index (χ4n) is 3.46. The Morgan fingerprint density at radius 3 is 2.62 bits per heavy atom. The number of thiazole rings is 1. The summed E-state index contributed by atoms with van der Waals surface area (Å²) in [4.78, 5) is 30.8. The first-order valence-corrected chi connectivity index (χ1v) is 10.9. The molecule has 0 unspecified atom stereocenters. The SMILES string of the molecule is CCOc1ccc2nc(N(Cc3ccccc3)C(=O)c3cccc([N+](=O)[O-])c3C)sc2c1. The number of nitro groups is 1. The number of benzene rings is 3. The molecule has 8 heteroatoms. The maximum absolute atomic E-state index is 13.6. The highest BCUT2D eigenvalue weighted by Gasteiger charge is 2.26. The van der Waals surface area contributed by atoms with E-state index in [1.165, 1.54) is 23.5 Å². The van der Waals surface area contributed by atoms with Gasteiger partial charge in [0.05, 0.1) is 28.3 Å². The number of carbonyl (C=O) groups excluding carboxylic acids is 1. The molecule has 0 aliphatic carbocycles. The predicted molar refractivity (Wildman–Crippen MR) is 126 cm³/mol. The van der Waals surface area contributed by atoms with Crippen molar-refractivity contribution in [2.75, 3.05) is 11.5 Å². The topological polar surface area (TPSA) is 85.6 Å². The second-order valence-electron chi connectivity index (χ2n) is 7.14. The van der Waals surface area contributed by atoms with Gasteiger partial charge in [-0.3, -0.25) is 19.8 Å². The summed E-state index contributed by atoms with van der Waals surface area (Å²) in [7, 11) is 0. The van der Waals surface area contributed by atoms with E-state index in [1.807, 2.05) is 55.5 Å². The van der Waals surface area contributed by atoms with Crippen LogP contribution in [-0.4, -0.2) is 22.4 Å². The van der Waals surface area contributed by atoms with Gasteiger partial charge in [-0.2, -0.15) is 0 Å². The average Bonchev–Trinajstić information content (AvgIpc) is 3.21. The van der Waals surface area contributed by atoms with Gasteiger partial charge >= 0.3 is 0 Å². The second-order valence-corrected chi connectivity index (χ2v) is 8.15. The highest BCUT2D eigenvalue weighted by molar-refractivity contribution is 7.22. The molecule has 0 radical (unpaired) electrons. The molecule has 162 valence electrons. The first-order chi connectivity index (χ1) is 15.5. The van der Waals surface area contributed by atoms with Crippen LogP contribution in [-0.2, 0) is 6.54 Å². The molecule has 0 aliphatic rings. The molecule has 0 fully saturated rings. The van der Waals surface area contributed by atoms with Gasteiger partial charge in [0.2, 0.25) is 0 Å². The van der Waals surface area contributed by atoms with Crippen LogP contribution in [0, 0.1) is 17.0 Å². The Hall–Kier alpha value is -3.78. The van der Waals surface area contributed by atoms with Gasteiger partial charge in [-0.15, -0.1) is 0 Å². The molecule has 0 aliphatic heterocycles. The molecule has 0 saturated heterocycles. The molecule has 7 nitrogen and oxygen atoms in total. The predicted octanol–water partition coefficient (Wildman–Crippen LogP) is 5.76. The molecule has 3 aromatic carbocycles. The molecule has 4 aromatic rings. The minimum atomic E-state index is -0.472. The Balaban J connectivity index is 1.79. The van der Waals surface area contributed by atoms with E-state index in [2.05, 4.69) is 4.98 Å². The summed E-state index contributed by atoms with van der Waals surface area (Å²) in [6.07, 6.45) is 0. The first kappa shape index (κ1) is 21.5. The van der Waals surface area contributed by atoms with Gasteiger partial charge in [0.1, 0.15) is 5.75 Å². The minimum Gasteiger partial charge on any atom is -0.494 e. The lowest BCUT2D eigenvalue weighted by Gasteiger charge is -2.21. The van der Waals surface area contributed by atoms with E-state index in [0.29, 0.717) is 23.8 Å². The third-order valence-electron chi connectivity index (χ3n) is 5.05. The lowest BCUT2D eigenvalue weighted by atomic mass is 10.1. The second kappa shape index (κ2) is 9.15. The molecular formula is C24H21N3O4S. The molecule has 32 heavy (non-hydrogen) atoms. The van der Waals surface area contributed by atoms with Gasteiger partial charge in [0.15, 0.2) is 5.13 Å². The molecule has 1 aromatic heterocycles. The standard InChI is InChI=1S/C24H21N3O4S/c1-3-31-18-12-13-20-22(14-18)32-24(25-20)26(15-17-8-5-4-6-9-17)23(28)19-10-7-11-21(16(19)2)27(29)30/h4-14H,3,15H2,1-2H3. The number of hydrogen-bond donors (Lipinski definition) is 0. The monoisotopic (exact) mass is 447 g/mol. The zero-order valence-electron chi connectivity index (χ0n) is 17.6. The number of hydrogen-bond acceptors (Lipinski definition) is 6. The Morgan fingerprint density at radius 1 is 1.12 bits per heavy atom. The van der Waals surface area contributed by atoms with Gasteiger partial charge in [0.25, 0.3) is 11.6 Å². The zero-order valence-corrected chi connectivity index (χ0v) is 18.5. The van der Waals surface area contributed by atoms with Crippen LogP contribution in [0.15, 0.2) is 66.7 Å². The van der Waals surface area contributed by atoms with Crippen LogP contribution in [0.1, 0.15) is 28.4 Å². The molecule has 0 N–H and O–H groups in total.